The van der Waals surface area contributed by atoms with Crippen molar-refractivity contribution in [2.45, 2.75) is 12.6 Å². The summed E-state index contributed by atoms with van der Waals surface area (Å²) in [6.45, 7) is 0.167. The van der Waals surface area contributed by atoms with Crippen LogP contribution in [0.25, 0.3) is 10.8 Å². The zero-order valence-corrected chi connectivity index (χ0v) is 13.9. The number of anilines is 1. The number of rotatable bonds is 7. The minimum atomic E-state index is -1.29. The van der Waals surface area contributed by atoms with E-state index in [1.807, 2.05) is 66.7 Å². The molecule has 0 saturated carbocycles. The van der Waals surface area contributed by atoms with E-state index in [9.17, 15) is 14.7 Å². The van der Waals surface area contributed by atoms with Gasteiger partial charge in [-0.3, -0.25) is 4.84 Å². The van der Waals surface area contributed by atoms with Gasteiger partial charge in [0.05, 0.1) is 12.3 Å². The van der Waals surface area contributed by atoms with Crippen LogP contribution in [0.2, 0.25) is 0 Å². The van der Waals surface area contributed by atoms with E-state index in [1.165, 1.54) is 5.06 Å². The minimum absolute atomic E-state index is 0.167. The Balaban J connectivity index is 2.04. The topological polar surface area (TPSA) is 66.8 Å². The second-order valence-electron chi connectivity index (χ2n) is 5.65. The number of fused-ring (bicyclic) bond motifs is 1. The van der Waals surface area contributed by atoms with E-state index in [-0.39, 0.29) is 6.61 Å². The van der Waals surface area contributed by atoms with Crippen molar-refractivity contribution in [1.29, 1.82) is 0 Å². The second-order valence-corrected chi connectivity index (χ2v) is 5.65. The van der Waals surface area contributed by atoms with Gasteiger partial charge in [-0.25, -0.2) is 14.7 Å². The van der Waals surface area contributed by atoms with Crippen LogP contribution in [0.3, 0.4) is 0 Å². The highest BCUT2D eigenvalue weighted by atomic mass is 16.7. The standard InChI is InChI=1S/C21H17NO4/c23-14-13-20(21(24)25)22(26-15-16-7-2-1-3-8-16)19-12-6-10-17-9-4-5-11-18(17)19/h1-13,20H,15H2,(H,24,25)/t20-/m0/s1. The van der Waals surface area contributed by atoms with Crippen LogP contribution in [0.4, 0.5) is 5.69 Å². The molecule has 0 radical (unpaired) electrons. The summed E-state index contributed by atoms with van der Waals surface area (Å²) in [6.07, 6.45) is 0.940. The van der Waals surface area contributed by atoms with Crippen molar-refractivity contribution in [2.24, 2.45) is 0 Å². The molecule has 0 saturated heterocycles. The molecular weight excluding hydrogens is 330 g/mol. The number of carboxylic acid groups (broad SMARTS) is 1. The maximum absolute atomic E-state index is 11.7. The van der Waals surface area contributed by atoms with Crippen LogP contribution in [0.1, 0.15) is 5.56 Å². The third-order valence-electron chi connectivity index (χ3n) is 3.95. The lowest BCUT2D eigenvalue weighted by molar-refractivity contribution is -0.139. The number of carbonyl (C=O) groups excluding carboxylic acids is 1. The molecule has 0 aromatic heterocycles. The fourth-order valence-corrected chi connectivity index (χ4v) is 2.72. The molecule has 0 heterocycles. The molecule has 5 heteroatoms. The van der Waals surface area contributed by atoms with Crippen molar-refractivity contribution < 1.29 is 19.5 Å². The first kappa shape index (κ1) is 17.4. The highest BCUT2D eigenvalue weighted by molar-refractivity contribution is 5.96. The largest absolute Gasteiger partial charge is 0.479 e. The monoisotopic (exact) mass is 347 g/mol. The van der Waals surface area contributed by atoms with Crippen LogP contribution < -0.4 is 5.06 Å². The Morgan fingerprint density at radius 2 is 1.73 bits per heavy atom. The Morgan fingerprint density at radius 3 is 2.46 bits per heavy atom. The zero-order chi connectivity index (χ0) is 18.4. The zero-order valence-electron chi connectivity index (χ0n) is 13.9. The maximum Gasteiger partial charge on any atom is 0.333 e. The second kappa shape index (κ2) is 8.12. The van der Waals surface area contributed by atoms with E-state index in [4.69, 9.17) is 4.84 Å². The molecule has 3 aromatic carbocycles. The average molecular weight is 347 g/mol. The molecule has 1 atom stereocenters. The molecule has 0 amide bonds. The maximum atomic E-state index is 11.7. The first-order chi connectivity index (χ1) is 12.7. The molecule has 130 valence electrons. The number of carbonyl (C=O) groups is 1. The van der Waals surface area contributed by atoms with Crippen molar-refractivity contribution in [3.8, 4) is 0 Å². The first-order valence-electron chi connectivity index (χ1n) is 8.08. The Hall–Kier alpha value is -3.40. The van der Waals surface area contributed by atoms with Crippen molar-refractivity contribution >= 4 is 28.4 Å². The van der Waals surface area contributed by atoms with E-state index in [0.29, 0.717) is 5.69 Å². The van der Waals surface area contributed by atoms with Crippen LogP contribution in [0.15, 0.2) is 78.9 Å². The van der Waals surface area contributed by atoms with Crippen LogP contribution in [0, 0.1) is 0 Å². The molecule has 26 heavy (non-hydrogen) atoms. The van der Waals surface area contributed by atoms with Gasteiger partial charge in [-0.1, -0.05) is 66.7 Å². The molecular formula is C21H17NO4. The highest BCUT2D eigenvalue weighted by Crippen LogP contribution is 2.29. The summed E-state index contributed by atoms with van der Waals surface area (Å²) >= 11 is 0. The lowest BCUT2D eigenvalue weighted by Crippen LogP contribution is -2.40. The summed E-state index contributed by atoms with van der Waals surface area (Å²) in [7, 11) is 0. The van der Waals surface area contributed by atoms with Gasteiger partial charge in [0.2, 0.25) is 0 Å². The average Bonchev–Trinajstić information content (AvgIpc) is 2.68. The number of hydroxylamine groups is 1. The molecule has 0 fully saturated rings. The molecule has 0 unspecified atom stereocenters. The number of benzene rings is 3. The molecule has 3 aromatic rings. The van der Waals surface area contributed by atoms with Gasteiger partial charge >= 0.3 is 5.97 Å². The van der Waals surface area contributed by atoms with E-state index < -0.39 is 12.0 Å². The predicted octanol–water partition coefficient (Wildman–Crippen LogP) is 3.62. The molecule has 0 aliphatic rings. The number of aliphatic carboxylic acids is 1. The number of carboxylic acids is 1. The predicted molar refractivity (Wildman–Crippen MR) is 99.3 cm³/mol. The Bertz CT molecular complexity index is 941. The number of hydrogen-bond donors (Lipinski definition) is 1. The van der Waals surface area contributed by atoms with Crippen molar-refractivity contribution in [3.05, 3.63) is 84.4 Å². The normalized spacial score (nSPS) is 11.5. The Labute approximate surface area is 150 Å². The fourth-order valence-electron chi connectivity index (χ4n) is 2.72. The number of hydrogen-bond acceptors (Lipinski definition) is 4. The smallest absolute Gasteiger partial charge is 0.333 e. The van der Waals surface area contributed by atoms with Gasteiger partial charge in [-0.05, 0) is 17.0 Å². The molecule has 0 aliphatic carbocycles. The van der Waals surface area contributed by atoms with Crippen LogP contribution in [0.5, 0.6) is 0 Å². The summed E-state index contributed by atoms with van der Waals surface area (Å²) in [5.74, 6) is 0.368. The van der Waals surface area contributed by atoms with Crippen LogP contribution in [-0.2, 0) is 21.0 Å². The summed E-state index contributed by atoms with van der Waals surface area (Å²) in [6, 6.07) is 21.2. The van der Waals surface area contributed by atoms with E-state index in [0.717, 1.165) is 22.4 Å². The molecule has 3 rings (SSSR count). The number of nitrogens with zero attached hydrogens (tertiary/aromatic N) is 1. The third kappa shape index (κ3) is 3.81. The quantitative estimate of drug-likeness (QED) is 0.522. The highest BCUT2D eigenvalue weighted by Gasteiger charge is 2.26. The van der Waals surface area contributed by atoms with Gasteiger partial charge in [-0.15, -0.1) is 0 Å². The summed E-state index contributed by atoms with van der Waals surface area (Å²) < 4.78 is 0. The summed E-state index contributed by atoms with van der Waals surface area (Å²) in [4.78, 5) is 28.4. The molecule has 0 bridgehead atoms. The van der Waals surface area contributed by atoms with E-state index in [1.54, 1.807) is 12.0 Å². The fraction of sp³-hybridized carbons (Fsp3) is 0.0952. The van der Waals surface area contributed by atoms with Crippen LogP contribution >= 0.6 is 0 Å². The van der Waals surface area contributed by atoms with Gasteiger partial charge in [0.1, 0.15) is 5.94 Å². The Kier molecular flexibility index (Phi) is 5.44. The van der Waals surface area contributed by atoms with Crippen molar-refractivity contribution in [3.63, 3.8) is 0 Å². The molecule has 0 spiro atoms. The Morgan fingerprint density at radius 1 is 1.04 bits per heavy atom. The van der Waals surface area contributed by atoms with Crippen molar-refractivity contribution in [1.82, 2.24) is 0 Å². The lowest BCUT2D eigenvalue weighted by atomic mass is 10.1. The van der Waals surface area contributed by atoms with Gasteiger partial charge in [0.25, 0.3) is 0 Å². The van der Waals surface area contributed by atoms with Crippen molar-refractivity contribution in [2.75, 3.05) is 5.06 Å². The van der Waals surface area contributed by atoms with Gasteiger partial charge in [0.15, 0.2) is 6.04 Å². The van der Waals surface area contributed by atoms with E-state index in [2.05, 4.69) is 0 Å². The molecule has 5 nitrogen and oxygen atoms in total. The van der Waals surface area contributed by atoms with Gasteiger partial charge in [0, 0.05) is 11.5 Å². The van der Waals surface area contributed by atoms with Crippen LogP contribution in [-0.4, -0.2) is 23.1 Å². The van der Waals surface area contributed by atoms with Gasteiger partial charge < -0.3 is 5.11 Å². The SMILES string of the molecule is O=C=C[C@@H](C(=O)O)N(OCc1ccccc1)c1cccc2ccccc12. The third-order valence-corrected chi connectivity index (χ3v) is 3.95. The minimum Gasteiger partial charge on any atom is -0.479 e. The molecule has 1 N–H and O–H groups in total. The van der Waals surface area contributed by atoms with Gasteiger partial charge in [-0.2, -0.15) is 0 Å². The molecule has 0 aliphatic heterocycles. The summed E-state index contributed by atoms with van der Waals surface area (Å²) in [5, 5.41) is 12.6. The first-order valence-corrected chi connectivity index (χ1v) is 8.08. The van der Waals surface area contributed by atoms with E-state index >= 15 is 0 Å². The lowest BCUT2D eigenvalue weighted by Gasteiger charge is -2.28. The summed E-state index contributed by atoms with van der Waals surface area (Å²) in [5.41, 5.74) is 1.45.